The third-order valence-electron chi connectivity index (χ3n) is 6.91. The van der Waals surface area contributed by atoms with Crippen LogP contribution in [0.25, 0.3) is 0 Å². The molecular weight excluding hydrogens is 517 g/mol. The second-order valence-corrected chi connectivity index (χ2v) is 10.5. The van der Waals surface area contributed by atoms with E-state index in [1.807, 2.05) is 6.07 Å². The van der Waals surface area contributed by atoms with Crippen LogP contribution < -0.4 is 18.9 Å². The van der Waals surface area contributed by atoms with Gasteiger partial charge in [-0.15, -0.1) is 0 Å². The minimum Gasteiger partial charge on any atom is -0.492 e. The van der Waals surface area contributed by atoms with E-state index in [4.69, 9.17) is 23.7 Å². The number of hydrogen-bond acceptors (Lipinski definition) is 8. The highest BCUT2D eigenvalue weighted by Gasteiger charge is 2.32. The van der Waals surface area contributed by atoms with Crippen LogP contribution in [-0.2, 0) is 16.0 Å². The van der Waals surface area contributed by atoms with Crippen LogP contribution >= 0.6 is 0 Å². The second-order valence-electron chi connectivity index (χ2n) is 10.5. The molecule has 3 aromatic rings. The summed E-state index contributed by atoms with van der Waals surface area (Å²) in [6, 6.07) is 15.3. The zero-order valence-corrected chi connectivity index (χ0v) is 22.5. The molecule has 1 N–H and O–H groups in total. The van der Waals surface area contributed by atoms with Gasteiger partial charge in [0.2, 0.25) is 0 Å². The molecule has 0 radical (unpaired) electrons. The van der Waals surface area contributed by atoms with Gasteiger partial charge in [-0.3, -0.25) is 4.79 Å². The quantitative estimate of drug-likeness (QED) is 0.338. The van der Waals surface area contributed by atoms with Crippen molar-refractivity contribution < 1.29 is 38.0 Å². The van der Waals surface area contributed by atoms with Gasteiger partial charge >= 0.3 is 5.97 Å². The highest BCUT2D eigenvalue weighted by atomic mass is 19.1. The topological polar surface area (TPSA) is 107 Å². The van der Waals surface area contributed by atoms with Gasteiger partial charge in [-0.1, -0.05) is 6.07 Å². The fourth-order valence-electron chi connectivity index (χ4n) is 4.96. The maximum absolute atomic E-state index is 15.1. The summed E-state index contributed by atoms with van der Waals surface area (Å²) in [5.74, 6) is 1.63. The summed E-state index contributed by atoms with van der Waals surface area (Å²) in [7, 11) is 1.36. The van der Waals surface area contributed by atoms with Crippen molar-refractivity contribution in [2.45, 2.75) is 50.7 Å². The number of nitriles is 1. The molecule has 1 aliphatic heterocycles. The number of hydrogen-bond donors (Lipinski definition) is 1. The smallest absolute Gasteiger partial charge is 0.306 e. The van der Waals surface area contributed by atoms with Crippen LogP contribution in [0.1, 0.15) is 61.0 Å². The number of methoxy groups -OCH3 is 1. The highest BCUT2D eigenvalue weighted by molar-refractivity contribution is 5.71. The van der Waals surface area contributed by atoms with Gasteiger partial charge in [-0.05, 0) is 57.0 Å². The van der Waals surface area contributed by atoms with Crippen molar-refractivity contribution in [3.05, 3.63) is 76.6 Å². The average Bonchev–Trinajstić information content (AvgIpc) is 3.53. The minimum atomic E-state index is -1.08. The van der Waals surface area contributed by atoms with Gasteiger partial charge in [-0.2, -0.15) is 5.26 Å². The van der Waals surface area contributed by atoms with E-state index in [1.54, 1.807) is 50.2 Å². The molecule has 208 valence electrons. The van der Waals surface area contributed by atoms with E-state index in [-0.39, 0.29) is 36.5 Å². The third kappa shape index (κ3) is 5.82. The summed E-state index contributed by atoms with van der Waals surface area (Å²) in [5.41, 5.74) is 1.30. The first-order valence-electron chi connectivity index (χ1n) is 13.0. The molecule has 9 heteroatoms. The molecule has 2 atom stereocenters. The molecule has 0 bridgehead atoms. The molecule has 40 heavy (non-hydrogen) atoms. The molecule has 0 aromatic heterocycles. The molecule has 1 heterocycles. The summed E-state index contributed by atoms with van der Waals surface area (Å²) in [6.07, 6.45) is 0.826. The molecule has 0 saturated heterocycles. The van der Waals surface area contributed by atoms with E-state index < -0.39 is 11.7 Å². The molecule has 8 nitrogen and oxygen atoms in total. The third-order valence-corrected chi connectivity index (χ3v) is 6.91. The van der Waals surface area contributed by atoms with E-state index >= 15 is 4.39 Å². The predicted octanol–water partition coefficient (Wildman–Crippen LogP) is 5.74. The van der Waals surface area contributed by atoms with Crippen molar-refractivity contribution >= 4 is 5.97 Å². The lowest BCUT2D eigenvalue weighted by atomic mass is 9.98. The fourth-order valence-corrected chi connectivity index (χ4v) is 4.96. The van der Waals surface area contributed by atoms with Crippen LogP contribution in [0.3, 0.4) is 0 Å². The Morgan fingerprint density at radius 1 is 1.15 bits per heavy atom. The van der Waals surface area contributed by atoms with Crippen LogP contribution in [0.2, 0.25) is 0 Å². The number of benzene rings is 3. The standard InChI is InChI=1S/C31H30FNO7/c1-31(2,35)17-38-27-13-20(5-4-18(27)15-33)39-25-11-9-24(32)30-23(25)8-10-26(30)40-21-6-7-22-19(12-29(34)36-3)16-37-28(22)14-21/h4-7,9,11,13-14,19,26,35H,8,10,12,16-17H2,1-3H3/t19?,26-/m1/s1. The Balaban J connectivity index is 1.34. The van der Waals surface area contributed by atoms with Crippen molar-refractivity contribution in [1.29, 1.82) is 5.26 Å². The van der Waals surface area contributed by atoms with E-state index in [0.29, 0.717) is 59.1 Å². The number of rotatable bonds is 9. The molecule has 0 fully saturated rings. The first kappa shape index (κ1) is 27.3. The Bertz CT molecular complexity index is 1470. The van der Waals surface area contributed by atoms with Crippen molar-refractivity contribution in [2.24, 2.45) is 0 Å². The van der Waals surface area contributed by atoms with E-state index in [0.717, 1.165) is 5.56 Å². The number of carbonyl (C=O) groups excluding carboxylic acids is 1. The monoisotopic (exact) mass is 547 g/mol. The number of nitrogens with zero attached hydrogens (tertiary/aromatic N) is 1. The normalized spacial score (nSPS) is 17.3. The predicted molar refractivity (Wildman–Crippen MR) is 142 cm³/mol. The second kappa shape index (κ2) is 11.1. The Morgan fingerprint density at radius 3 is 2.70 bits per heavy atom. The summed E-state index contributed by atoms with van der Waals surface area (Å²) in [4.78, 5) is 11.7. The summed E-state index contributed by atoms with van der Waals surface area (Å²) in [5, 5.41) is 19.4. The molecule has 0 spiro atoms. The SMILES string of the molecule is COC(=O)CC1COc2cc(O[C@@H]3CCc4c(Oc5ccc(C#N)c(OCC(C)(C)O)c5)ccc(F)c43)ccc21. The van der Waals surface area contributed by atoms with Gasteiger partial charge in [0.15, 0.2) is 0 Å². The van der Waals surface area contributed by atoms with Crippen LogP contribution in [0.5, 0.6) is 28.7 Å². The zero-order chi connectivity index (χ0) is 28.4. The lowest BCUT2D eigenvalue weighted by molar-refractivity contribution is -0.141. The van der Waals surface area contributed by atoms with Gasteiger partial charge in [0.05, 0.1) is 31.3 Å². The van der Waals surface area contributed by atoms with Crippen molar-refractivity contribution in [3.8, 4) is 34.8 Å². The first-order valence-corrected chi connectivity index (χ1v) is 13.0. The molecule has 1 unspecified atom stereocenters. The highest BCUT2D eigenvalue weighted by Crippen LogP contribution is 2.44. The van der Waals surface area contributed by atoms with Crippen molar-refractivity contribution in [1.82, 2.24) is 0 Å². The van der Waals surface area contributed by atoms with E-state index in [1.165, 1.54) is 13.2 Å². The van der Waals surface area contributed by atoms with E-state index in [2.05, 4.69) is 6.07 Å². The molecule has 0 saturated carbocycles. The summed E-state index contributed by atoms with van der Waals surface area (Å²) >= 11 is 0. The van der Waals surface area contributed by atoms with Gasteiger partial charge in [0.25, 0.3) is 0 Å². The molecule has 0 amide bonds. The maximum Gasteiger partial charge on any atom is 0.306 e. The van der Waals surface area contributed by atoms with Crippen LogP contribution in [0.4, 0.5) is 4.39 Å². The van der Waals surface area contributed by atoms with E-state index in [9.17, 15) is 15.2 Å². The average molecular weight is 548 g/mol. The van der Waals surface area contributed by atoms with Crippen molar-refractivity contribution in [3.63, 3.8) is 0 Å². The van der Waals surface area contributed by atoms with Crippen LogP contribution in [0, 0.1) is 17.1 Å². The Labute approximate surface area is 231 Å². The Morgan fingerprint density at radius 2 is 1.95 bits per heavy atom. The molecule has 2 aliphatic rings. The zero-order valence-electron chi connectivity index (χ0n) is 22.5. The molecule has 1 aliphatic carbocycles. The molecular formula is C31H30FNO7. The fraction of sp³-hybridized carbons (Fsp3) is 0.355. The van der Waals surface area contributed by atoms with Crippen LogP contribution in [0.15, 0.2) is 48.5 Å². The minimum absolute atomic E-state index is 0.00420. The summed E-state index contributed by atoms with van der Waals surface area (Å²) in [6.45, 7) is 3.60. The lowest BCUT2D eigenvalue weighted by Gasteiger charge is -2.19. The number of carbonyl (C=O) groups is 1. The van der Waals surface area contributed by atoms with Gasteiger partial charge in [0.1, 0.15) is 53.3 Å². The Kier molecular flexibility index (Phi) is 7.55. The first-order chi connectivity index (χ1) is 19.1. The number of fused-ring (bicyclic) bond motifs is 2. The largest absolute Gasteiger partial charge is 0.492 e. The maximum atomic E-state index is 15.1. The van der Waals surface area contributed by atoms with Gasteiger partial charge < -0.3 is 28.8 Å². The number of esters is 1. The Hall–Kier alpha value is -4.29. The number of halogens is 1. The number of aliphatic hydroxyl groups is 1. The summed E-state index contributed by atoms with van der Waals surface area (Å²) < 4.78 is 43.6. The molecule has 5 rings (SSSR count). The van der Waals surface area contributed by atoms with Gasteiger partial charge in [-0.25, -0.2) is 4.39 Å². The molecule has 3 aromatic carbocycles. The van der Waals surface area contributed by atoms with Crippen molar-refractivity contribution in [2.75, 3.05) is 20.3 Å². The van der Waals surface area contributed by atoms with Gasteiger partial charge in [0, 0.05) is 34.7 Å². The lowest BCUT2D eigenvalue weighted by Crippen LogP contribution is -2.28. The van der Waals surface area contributed by atoms with Crippen LogP contribution in [-0.4, -0.2) is 37.0 Å². The number of ether oxygens (including phenoxy) is 5.